The Balaban J connectivity index is 2.07. The summed E-state index contributed by atoms with van der Waals surface area (Å²) in [5.74, 6) is 1.78. The number of ether oxygens (including phenoxy) is 1. The molecule has 1 aromatic heterocycles. The van der Waals surface area contributed by atoms with E-state index >= 15 is 0 Å². The van der Waals surface area contributed by atoms with Gasteiger partial charge < -0.3 is 10.1 Å². The molecule has 1 aromatic carbocycles. The van der Waals surface area contributed by atoms with E-state index in [0.29, 0.717) is 24.3 Å². The van der Waals surface area contributed by atoms with E-state index in [2.05, 4.69) is 27.4 Å². The van der Waals surface area contributed by atoms with Crippen molar-refractivity contribution in [2.75, 3.05) is 17.8 Å². The number of halogens is 1. The molecule has 5 heteroatoms. The lowest BCUT2D eigenvalue weighted by Gasteiger charge is -2.08. The monoisotopic (exact) mass is 291 g/mol. The molecule has 0 spiro atoms. The van der Waals surface area contributed by atoms with Crippen molar-refractivity contribution in [1.82, 2.24) is 9.97 Å². The number of benzene rings is 1. The van der Waals surface area contributed by atoms with Crippen LogP contribution in [-0.4, -0.2) is 22.5 Å². The molecule has 0 aliphatic carbocycles. The van der Waals surface area contributed by atoms with Crippen LogP contribution in [0.25, 0.3) is 0 Å². The highest BCUT2D eigenvalue weighted by Crippen LogP contribution is 2.17. The average molecular weight is 292 g/mol. The van der Waals surface area contributed by atoms with Crippen molar-refractivity contribution in [3.63, 3.8) is 0 Å². The summed E-state index contributed by atoms with van der Waals surface area (Å²) in [6.07, 6.45) is 3.62. The Morgan fingerprint density at radius 2 is 2.20 bits per heavy atom. The maximum Gasteiger partial charge on any atom is 0.230 e. The summed E-state index contributed by atoms with van der Waals surface area (Å²) >= 11 is 5.72. The third-order valence-corrected chi connectivity index (χ3v) is 2.97. The summed E-state index contributed by atoms with van der Waals surface area (Å²) in [4.78, 5) is 8.47. The van der Waals surface area contributed by atoms with Gasteiger partial charge in [-0.05, 0) is 37.5 Å². The van der Waals surface area contributed by atoms with Crippen LogP contribution in [0.1, 0.15) is 18.9 Å². The Morgan fingerprint density at radius 3 is 3.00 bits per heavy atom. The number of aromatic nitrogens is 2. The van der Waals surface area contributed by atoms with Crippen molar-refractivity contribution in [3.05, 3.63) is 42.1 Å². The second-order valence-electron chi connectivity index (χ2n) is 4.27. The molecule has 0 saturated heterocycles. The fraction of sp³-hybridized carbons (Fsp3) is 0.333. The summed E-state index contributed by atoms with van der Waals surface area (Å²) in [6.45, 7) is 2.51. The number of rotatable bonds is 7. The first-order chi connectivity index (χ1) is 9.81. The number of hydrogen-bond donors (Lipinski definition) is 1. The lowest BCUT2D eigenvalue weighted by molar-refractivity contribution is 0.327. The molecule has 0 aliphatic rings. The van der Waals surface area contributed by atoms with Crippen LogP contribution in [0, 0.1) is 0 Å². The Labute approximate surface area is 124 Å². The van der Waals surface area contributed by atoms with Gasteiger partial charge in [-0.25, -0.2) is 4.98 Å². The topological polar surface area (TPSA) is 47.0 Å². The van der Waals surface area contributed by atoms with E-state index in [1.807, 2.05) is 19.1 Å². The molecule has 0 radical (unpaired) electrons. The zero-order valence-electron chi connectivity index (χ0n) is 11.5. The molecule has 0 unspecified atom stereocenters. The second kappa shape index (κ2) is 7.70. The van der Waals surface area contributed by atoms with Crippen molar-refractivity contribution in [3.8, 4) is 5.88 Å². The lowest BCUT2D eigenvalue weighted by atomic mass is 10.1. The fourth-order valence-electron chi connectivity index (χ4n) is 1.84. The number of nitrogens with zero attached hydrogens (tertiary/aromatic N) is 2. The summed E-state index contributed by atoms with van der Waals surface area (Å²) in [5.41, 5.74) is 2.21. The highest BCUT2D eigenvalue weighted by molar-refractivity contribution is 6.17. The van der Waals surface area contributed by atoms with Gasteiger partial charge in [0, 0.05) is 23.8 Å². The van der Waals surface area contributed by atoms with Crippen LogP contribution in [0.15, 0.2) is 36.5 Å². The molecule has 2 rings (SSSR count). The van der Waals surface area contributed by atoms with Gasteiger partial charge in [-0.1, -0.05) is 12.1 Å². The molecule has 0 fully saturated rings. The third kappa shape index (κ3) is 4.38. The number of hydrogen-bond acceptors (Lipinski definition) is 4. The number of alkyl halides is 1. The van der Waals surface area contributed by atoms with Gasteiger partial charge in [0.15, 0.2) is 0 Å². The van der Waals surface area contributed by atoms with Crippen molar-refractivity contribution in [1.29, 1.82) is 0 Å². The molecule has 106 valence electrons. The maximum atomic E-state index is 5.72. The largest absolute Gasteiger partial charge is 0.478 e. The number of aryl methyl sites for hydroxylation is 1. The molecule has 0 atom stereocenters. The highest BCUT2D eigenvalue weighted by Gasteiger charge is 2.01. The van der Waals surface area contributed by atoms with Gasteiger partial charge in [0.1, 0.15) is 0 Å². The van der Waals surface area contributed by atoms with Gasteiger partial charge >= 0.3 is 0 Å². The highest BCUT2D eigenvalue weighted by atomic mass is 35.5. The first-order valence-corrected chi connectivity index (χ1v) is 7.23. The van der Waals surface area contributed by atoms with Crippen LogP contribution in [0.3, 0.4) is 0 Å². The fourth-order valence-corrected chi connectivity index (χ4v) is 1.97. The van der Waals surface area contributed by atoms with E-state index in [0.717, 1.165) is 18.5 Å². The standard InChI is InChI=1S/C15H18ClN3O/c1-2-20-14-8-10-17-15(19-14)18-13-7-3-5-12(11-13)6-4-9-16/h3,5,7-8,10-11H,2,4,6,9H2,1H3,(H,17,18,19). The SMILES string of the molecule is CCOc1ccnc(Nc2cccc(CCCCl)c2)n1. The molecule has 0 aliphatic heterocycles. The van der Waals surface area contributed by atoms with Crippen LogP contribution in [-0.2, 0) is 6.42 Å². The van der Waals surface area contributed by atoms with Crippen molar-refractivity contribution in [2.24, 2.45) is 0 Å². The molecule has 0 saturated carbocycles. The normalized spacial score (nSPS) is 10.3. The van der Waals surface area contributed by atoms with Crippen LogP contribution >= 0.6 is 11.6 Å². The van der Waals surface area contributed by atoms with E-state index in [9.17, 15) is 0 Å². The predicted octanol–water partition coefficient (Wildman–Crippen LogP) is 3.79. The Morgan fingerprint density at radius 1 is 1.30 bits per heavy atom. The molecule has 2 aromatic rings. The van der Waals surface area contributed by atoms with Crippen molar-refractivity contribution < 1.29 is 4.74 Å². The zero-order valence-corrected chi connectivity index (χ0v) is 12.2. The maximum absolute atomic E-state index is 5.72. The second-order valence-corrected chi connectivity index (χ2v) is 4.65. The molecule has 4 nitrogen and oxygen atoms in total. The van der Waals surface area contributed by atoms with E-state index in [-0.39, 0.29) is 0 Å². The first-order valence-electron chi connectivity index (χ1n) is 6.69. The van der Waals surface area contributed by atoms with E-state index in [1.54, 1.807) is 12.3 Å². The molecular weight excluding hydrogens is 274 g/mol. The minimum Gasteiger partial charge on any atom is -0.478 e. The number of nitrogens with one attached hydrogen (secondary N) is 1. The van der Waals surface area contributed by atoms with Crippen LogP contribution < -0.4 is 10.1 Å². The van der Waals surface area contributed by atoms with Crippen LogP contribution in [0.5, 0.6) is 5.88 Å². The minimum atomic E-state index is 0.533. The van der Waals surface area contributed by atoms with E-state index in [4.69, 9.17) is 16.3 Å². The minimum absolute atomic E-state index is 0.533. The third-order valence-electron chi connectivity index (χ3n) is 2.70. The molecule has 0 bridgehead atoms. The number of anilines is 2. The Bertz CT molecular complexity index is 548. The summed E-state index contributed by atoms with van der Waals surface area (Å²) in [6, 6.07) is 9.92. The predicted molar refractivity (Wildman–Crippen MR) is 82.0 cm³/mol. The average Bonchev–Trinajstić information content (AvgIpc) is 2.46. The zero-order chi connectivity index (χ0) is 14.2. The van der Waals surface area contributed by atoms with Crippen LogP contribution in [0.2, 0.25) is 0 Å². The summed E-state index contributed by atoms with van der Waals surface area (Å²) in [5, 5.41) is 3.18. The first kappa shape index (κ1) is 14.6. The molecule has 0 amide bonds. The molecular formula is C15H18ClN3O. The summed E-state index contributed by atoms with van der Waals surface area (Å²) < 4.78 is 5.36. The van der Waals surface area contributed by atoms with Gasteiger partial charge in [-0.15, -0.1) is 11.6 Å². The van der Waals surface area contributed by atoms with Gasteiger partial charge in [0.25, 0.3) is 0 Å². The molecule has 1 heterocycles. The summed E-state index contributed by atoms with van der Waals surface area (Å²) in [7, 11) is 0. The van der Waals surface area contributed by atoms with E-state index in [1.165, 1.54) is 5.56 Å². The quantitative estimate of drug-likeness (QED) is 0.789. The van der Waals surface area contributed by atoms with Crippen molar-refractivity contribution in [2.45, 2.75) is 19.8 Å². The smallest absolute Gasteiger partial charge is 0.230 e. The van der Waals surface area contributed by atoms with Gasteiger partial charge in [0.05, 0.1) is 6.61 Å². The van der Waals surface area contributed by atoms with Crippen molar-refractivity contribution >= 4 is 23.2 Å². The van der Waals surface area contributed by atoms with Gasteiger partial charge in [-0.3, -0.25) is 0 Å². The Hall–Kier alpha value is -1.81. The van der Waals surface area contributed by atoms with Gasteiger partial charge in [0.2, 0.25) is 11.8 Å². The van der Waals surface area contributed by atoms with Crippen LogP contribution in [0.4, 0.5) is 11.6 Å². The molecule has 1 N–H and O–H groups in total. The van der Waals surface area contributed by atoms with Gasteiger partial charge in [-0.2, -0.15) is 4.98 Å². The van der Waals surface area contributed by atoms with E-state index < -0.39 is 0 Å². The Kier molecular flexibility index (Phi) is 5.62. The lowest BCUT2D eigenvalue weighted by Crippen LogP contribution is -2.00. The molecule has 20 heavy (non-hydrogen) atoms.